The number of ketones is 1. The number of aryl methyl sites for hydroxylation is 1. The molecule has 6 nitrogen and oxygen atoms in total. The molecule has 1 saturated heterocycles. The van der Waals surface area contributed by atoms with Crippen LogP contribution in [-0.2, 0) is 16.2 Å². The number of likely N-dealkylation sites (N-methyl/N-ethyl adjacent to an activating group) is 1. The standard InChI is InChI=1S/C31H33FN2O4/c1-4-33(5-2)17-18-34-28(23-9-13-25(32)14-10-23)27(30(36)31(34)37)29(35)24-11-15-26(16-12-24)38-20-22-8-6-7-21(3)19-22/h6-16,19,28,35H,4-5,17-18,20H2,1-3H3. The topological polar surface area (TPSA) is 70.1 Å². The number of hydrogen-bond donors (Lipinski definition) is 1. The summed E-state index contributed by atoms with van der Waals surface area (Å²) >= 11 is 0. The number of nitrogens with zero attached hydrogens (tertiary/aromatic N) is 2. The second-order valence-corrected chi connectivity index (χ2v) is 9.37. The van der Waals surface area contributed by atoms with Gasteiger partial charge in [0.05, 0.1) is 11.6 Å². The summed E-state index contributed by atoms with van der Waals surface area (Å²) in [5.41, 5.74) is 3.14. The van der Waals surface area contributed by atoms with Crippen LogP contribution in [0.4, 0.5) is 4.39 Å². The third kappa shape index (κ3) is 5.94. The first-order chi connectivity index (χ1) is 18.3. The maximum absolute atomic E-state index is 13.7. The number of halogens is 1. The van der Waals surface area contributed by atoms with Gasteiger partial charge in [0.2, 0.25) is 0 Å². The maximum atomic E-state index is 13.7. The van der Waals surface area contributed by atoms with Gasteiger partial charge in [-0.25, -0.2) is 4.39 Å². The molecule has 1 aliphatic rings. The smallest absolute Gasteiger partial charge is 0.295 e. The normalized spacial score (nSPS) is 16.9. The van der Waals surface area contributed by atoms with Gasteiger partial charge in [0.1, 0.15) is 23.9 Å². The molecule has 1 unspecified atom stereocenters. The molecular weight excluding hydrogens is 483 g/mol. The Morgan fingerprint density at radius 1 is 1.00 bits per heavy atom. The summed E-state index contributed by atoms with van der Waals surface area (Å²) in [5, 5.41) is 11.3. The fourth-order valence-corrected chi connectivity index (χ4v) is 4.72. The second-order valence-electron chi connectivity index (χ2n) is 9.37. The van der Waals surface area contributed by atoms with Crippen LogP contribution in [0, 0.1) is 12.7 Å². The van der Waals surface area contributed by atoms with Crippen LogP contribution in [0.3, 0.4) is 0 Å². The number of Topliss-reactive ketones (excluding diaryl/α,β-unsaturated/α-hetero) is 1. The van der Waals surface area contributed by atoms with Crippen molar-refractivity contribution in [3.05, 3.63) is 106 Å². The van der Waals surface area contributed by atoms with Gasteiger partial charge in [0.25, 0.3) is 11.7 Å². The summed E-state index contributed by atoms with van der Waals surface area (Å²) in [6.07, 6.45) is 0. The Morgan fingerprint density at radius 2 is 1.68 bits per heavy atom. The van der Waals surface area contributed by atoms with E-state index in [1.165, 1.54) is 17.0 Å². The first kappa shape index (κ1) is 27.1. The highest BCUT2D eigenvalue weighted by molar-refractivity contribution is 6.46. The van der Waals surface area contributed by atoms with Gasteiger partial charge in [-0.3, -0.25) is 9.59 Å². The first-order valence-corrected chi connectivity index (χ1v) is 12.9. The van der Waals surface area contributed by atoms with E-state index in [0.29, 0.717) is 36.6 Å². The van der Waals surface area contributed by atoms with Crippen LogP contribution < -0.4 is 4.74 Å². The van der Waals surface area contributed by atoms with E-state index in [2.05, 4.69) is 11.0 Å². The van der Waals surface area contributed by atoms with E-state index in [0.717, 1.165) is 24.2 Å². The minimum absolute atomic E-state index is 0.00501. The Labute approximate surface area is 223 Å². The molecule has 1 atom stereocenters. The quantitative estimate of drug-likeness (QED) is 0.220. The summed E-state index contributed by atoms with van der Waals surface area (Å²) in [7, 11) is 0. The van der Waals surface area contributed by atoms with Gasteiger partial charge in [0.15, 0.2) is 0 Å². The number of hydrogen-bond acceptors (Lipinski definition) is 5. The van der Waals surface area contributed by atoms with Crippen molar-refractivity contribution in [3.63, 3.8) is 0 Å². The van der Waals surface area contributed by atoms with Crippen molar-refractivity contribution in [1.82, 2.24) is 9.80 Å². The van der Waals surface area contributed by atoms with Crippen molar-refractivity contribution < 1.29 is 23.8 Å². The first-order valence-electron chi connectivity index (χ1n) is 12.9. The zero-order chi connectivity index (χ0) is 27.2. The molecule has 3 aromatic rings. The summed E-state index contributed by atoms with van der Waals surface area (Å²) in [4.78, 5) is 29.9. The Kier molecular flexibility index (Phi) is 8.59. The second kappa shape index (κ2) is 12.0. The van der Waals surface area contributed by atoms with E-state index in [1.807, 2.05) is 39.0 Å². The summed E-state index contributed by atoms with van der Waals surface area (Å²) < 4.78 is 19.6. The van der Waals surface area contributed by atoms with Crippen LogP contribution >= 0.6 is 0 Å². The van der Waals surface area contributed by atoms with Crippen LogP contribution in [0.25, 0.3) is 5.76 Å². The Hall–Kier alpha value is -3.97. The summed E-state index contributed by atoms with van der Waals surface area (Å²) in [6.45, 7) is 8.97. The zero-order valence-corrected chi connectivity index (χ0v) is 22.0. The lowest BCUT2D eigenvalue weighted by Gasteiger charge is -2.28. The molecule has 198 valence electrons. The molecule has 0 bridgehead atoms. The largest absolute Gasteiger partial charge is 0.507 e. The van der Waals surface area contributed by atoms with Crippen LogP contribution in [0.15, 0.2) is 78.4 Å². The number of carbonyl (C=O) groups is 2. The fourth-order valence-electron chi connectivity index (χ4n) is 4.72. The molecule has 1 fully saturated rings. The number of aliphatic hydroxyl groups excluding tert-OH is 1. The lowest BCUT2D eigenvalue weighted by Crippen LogP contribution is -2.38. The average molecular weight is 517 g/mol. The van der Waals surface area contributed by atoms with E-state index in [4.69, 9.17) is 4.74 Å². The number of carbonyl (C=O) groups excluding carboxylic acids is 2. The van der Waals surface area contributed by atoms with Gasteiger partial charge < -0.3 is 19.6 Å². The molecule has 1 heterocycles. The van der Waals surface area contributed by atoms with E-state index in [-0.39, 0.29) is 11.3 Å². The van der Waals surface area contributed by atoms with Crippen LogP contribution in [0.5, 0.6) is 5.75 Å². The van der Waals surface area contributed by atoms with Crippen molar-refractivity contribution in [2.75, 3.05) is 26.2 Å². The minimum Gasteiger partial charge on any atom is -0.507 e. The van der Waals surface area contributed by atoms with E-state index < -0.39 is 23.5 Å². The van der Waals surface area contributed by atoms with Crippen molar-refractivity contribution in [1.29, 1.82) is 0 Å². The highest BCUT2D eigenvalue weighted by Crippen LogP contribution is 2.39. The van der Waals surface area contributed by atoms with Crippen LogP contribution in [0.2, 0.25) is 0 Å². The molecule has 0 saturated carbocycles. The lowest BCUT2D eigenvalue weighted by atomic mass is 9.95. The van der Waals surface area contributed by atoms with E-state index >= 15 is 0 Å². The average Bonchev–Trinajstić information content (AvgIpc) is 3.18. The SMILES string of the molecule is CCN(CC)CCN1C(=O)C(=O)C(=C(O)c2ccc(OCc3cccc(C)c3)cc2)C1c1ccc(F)cc1. The fraction of sp³-hybridized carbons (Fsp3) is 0.290. The Bertz CT molecular complexity index is 1310. The molecule has 0 radical (unpaired) electrons. The maximum Gasteiger partial charge on any atom is 0.295 e. The van der Waals surface area contributed by atoms with Gasteiger partial charge in [-0.2, -0.15) is 0 Å². The molecular formula is C31H33FN2O4. The third-order valence-electron chi connectivity index (χ3n) is 6.89. The lowest BCUT2D eigenvalue weighted by molar-refractivity contribution is -0.140. The van der Waals surface area contributed by atoms with Gasteiger partial charge in [-0.15, -0.1) is 0 Å². The number of likely N-dealkylation sites (tertiary alicyclic amines) is 1. The Balaban J connectivity index is 1.63. The van der Waals surface area contributed by atoms with Crippen molar-refractivity contribution >= 4 is 17.4 Å². The highest BCUT2D eigenvalue weighted by Gasteiger charge is 2.45. The van der Waals surface area contributed by atoms with Crippen molar-refractivity contribution in [2.24, 2.45) is 0 Å². The number of benzene rings is 3. The molecule has 7 heteroatoms. The van der Waals surface area contributed by atoms with E-state index in [1.54, 1.807) is 36.4 Å². The van der Waals surface area contributed by atoms with Crippen LogP contribution in [-0.4, -0.2) is 52.8 Å². The van der Waals surface area contributed by atoms with Gasteiger partial charge in [-0.1, -0.05) is 55.8 Å². The Morgan fingerprint density at radius 3 is 2.32 bits per heavy atom. The van der Waals surface area contributed by atoms with Gasteiger partial charge in [0, 0.05) is 18.7 Å². The number of rotatable bonds is 10. The van der Waals surface area contributed by atoms with E-state index in [9.17, 15) is 19.1 Å². The van der Waals surface area contributed by atoms with Crippen molar-refractivity contribution in [3.8, 4) is 5.75 Å². The van der Waals surface area contributed by atoms with Gasteiger partial charge >= 0.3 is 0 Å². The molecule has 3 aromatic carbocycles. The molecule has 1 amide bonds. The molecule has 1 N–H and O–H groups in total. The highest BCUT2D eigenvalue weighted by atomic mass is 19.1. The molecule has 0 aliphatic carbocycles. The molecule has 0 aromatic heterocycles. The summed E-state index contributed by atoms with van der Waals surface area (Å²) in [6, 6.07) is 19.6. The molecule has 0 spiro atoms. The molecule has 1 aliphatic heterocycles. The van der Waals surface area contributed by atoms with Crippen molar-refractivity contribution in [2.45, 2.75) is 33.4 Å². The molecule has 4 rings (SSSR count). The number of amides is 1. The number of ether oxygens (including phenoxy) is 1. The predicted molar refractivity (Wildman–Crippen MR) is 145 cm³/mol. The zero-order valence-electron chi connectivity index (χ0n) is 22.0. The van der Waals surface area contributed by atoms with Crippen LogP contribution in [0.1, 0.15) is 42.1 Å². The van der Waals surface area contributed by atoms with Gasteiger partial charge in [-0.05, 0) is 67.5 Å². The number of aliphatic hydroxyl groups is 1. The summed E-state index contributed by atoms with van der Waals surface area (Å²) in [5.74, 6) is -1.51. The molecule has 38 heavy (non-hydrogen) atoms. The predicted octanol–water partition coefficient (Wildman–Crippen LogP) is 5.48. The third-order valence-corrected chi connectivity index (χ3v) is 6.89. The monoisotopic (exact) mass is 516 g/mol. The minimum atomic E-state index is -0.816.